The van der Waals surface area contributed by atoms with E-state index in [1.165, 1.54) is 0 Å². The van der Waals surface area contributed by atoms with Gasteiger partial charge in [0.1, 0.15) is 0 Å². The Morgan fingerprint density at radius 3 is 2.60 bits per heavy atom. The number of hydrogen-bond donors (Lipinski definition) is 2. The Bertz CT molecular complexity index is 599. The van der Waals surface area contributed by atoms with Crippen molar-refractivity contribution in [1.82, 2.24) is 0 Å². The molecule has 0 bridgehead atoms. The van der Waals surface area contributed by atoms with E-state index in [9.17, 15) is 9.90 Å². The molecule has 0 spiro atoms. The van der Waals surface area contributed by atoms with Crippen molar-refractivity contribution in [2.75, 3.05) is 5.32 Å². The summed E-state index contributed by atoms with van der Waals surface area (Å²) in [6.07, 6.45) is -0.103. The highest BCUT2D eigenvalue weighted by atomic mass is 35.5. The van der Waals surface area contributed by atoms with Crippen LogP contribution in [-0.4, -0.2) is 11.0 Å². The van der Waals surface area contributed by atoms with E-state index >= 15 is 0 Å². The Morgan fingerprint density at radius 2 is 1.95 bits per heavy atom. The zero-order valence-corrected chi connectivity index (χ0v) is 11.9. The normalized spacial score (nSPS) is 11.9. The number of hydrogen-bond acceptors (Lipinski definition) is 2. The molecule has 0 aliphatic rings. The van der Waals surface area contributed by atoms with Crippen LogP contribution in [0.2, 0.25) is 5.02 Å². The van der Waals surface area contributed by atoms with Gasteiger partial charge in [0.25, 0.3) is 5.91 Å². The van der Waals surface area contributed by atoms with Crippen molar-refractivity contribution >= 4 is 23.2 Å². The highest BCUT2D eigenvalue weighted by molar-refractivity contribution is 6.30. The molecule has 2 aromatic carbocycles. The minimum absolute atomic E-state index is 0.211. The fourth-order valence-electron chi connectivity index (χ4n) is 1.93. The Labute approximate surface area is 123 Å². The predicted octanol–water partition coefficient (Wildman–Crippen LogP) is 4.04. The lowest BCUT2D eigenvalue weighted by atomic mass is 10.0. The number of benzene rings is 2. The number of carbonyl (C=O) groups excluding carboxylic acids is 1. The number of aliphatic hydroxyl groups is 1. The summed E-state index contributed by atoms with van der Waals surface area (Å²) in [5.74, 6) is -0.211. The molecule has 0 aromatic heterocycles. The number of aliphatic hydroxyl groups excluding tert-OH is 1. The summed E-state index contributed by atoms with van der Waals surface area (Å²) in [6, 6.07) is 14.0. The molecule has 104 valence electrons. The van der Waals surface area contributed by atoms with Crippen LogP contribution in [0.3, 0.4) is 0 Å². The number of nitrogens with one attached hydrogen (secondary N) is 1. The van der Waals surface area contributed by atoms with Crippen LogP contribution in [0.25, 0.3) is 0 Å². The Kier molecular flexibility index (Phi) is 4.77. The first-order chi connectivity index (χ1) is 9.61. The molecule has 2 N–H and O–H groups in total. The second-order valence-corrected chi connectivity index (χ2v) is 4.91. The van der Waals surface area contributed by atoms with E-state index in [2.05, 4.69) is 5.32 Å². The van der Waals surface area contributed by atoms with Crippen LogP contribution in [0.5, 0.6) is 0 Å². The average Bonchev–Trinajstić information content (AvgIpc) is 2.49. The molecular formula is C16H16ClNO2. The number of anilines is 1. The lowest BCUT2D eigenvalue weighted by Gasteiger charge is -2.15. The standard InChI is InChI=1S/C16H16ClNO2/c1-2-15(19)13-10-12(17)8-9-14(13)18-16(20)11-6-4-3-5-7-11/h3-10,15,19H,2H2,1H3,(H,18,20)/t15-/m0/s1. The monoisotopic (exact) mass is 289 g/mol. The number of rotatable bonds is 4. The zero-order valence-electron chi connectivity index (χ0n) is 11.1. The molecule has 0 radical (unpaired) electrons. The molecule has 4 heteroatoms. The maximum Gasteiger partial charge on any atom is 0.255 e. The molecule has 0 unspecified atom stereocenters. The summed E-state index contributed by atoms with van der Waals surface area (Å²) in [6.45, 7) is 1.87. The molecule has 2 aromatic rings. The fourth-order valence-corrected chi connectivity index (χ4v) is 2.11. The SMILES string of the molecule is CC[C@H](O)c1cc(Cl)ccc1NC(=O)c1ccccc1. The molecule has 20 heavy (non-hydrogen) atoms. The van der Waals surface area contributed by atoms with Crippen LogP contribution in [0.4, 0.5) is 5.69 Å². The number of carbonyl (C=O) groups is 1. The van der Waals surface area contributed by atoms with Crippen LogP contribution in [-0.2, 0) is 0 Å². The van der Waals surface area contributed by atoms with Gasteiger partial charge in [0.05, 0.1) is 6.10 Å². The first-order valence-electron chi connectivity index (χ1n) is 6.45. The molecule has 2 rings (SSSR count). The molecule has 0 fully saturated rings. The third-order valence-electron chi connectivity index (χ3n) is 3.04. The van der Waals surface area contributed by atoms with Crippen LogP contribution in [0.15, 0.2) is 48.5 Å². The number of halogens is 1. The van der Waals surface area contributed by atoms with Gasteiger partial charge in [0.15, 0.2) is 0 Å². The lowest BCUT2D eigenvalue weighted by molar-refractivity contribution is 0.102. The fraction of sp³-hybridized carbons (Fsp3) is 0.188. The van der Waals surface area contributed by atoms with Crippen molar-refractivity contribution in [2.24, 2.45) is 0 Å². The maximum absolute atomic E-state index is 12.1. The van der Waals surface area contributed by atoms with Crippen molar-refractivity contribution in [3.05, 3.63) is 64.7 Å². The highest BCUT2D eigenvalue weighted by Crippen LogP contribution is 2.28. The first-order valence-corrected chi connectivity index (χ1v) is 6.83. The third kappa shape index (κ3) is 3.38. The zero-order chi connectivity index (χ0) is 14.5. The molecule has 3 nitrogen and oxygen atoms in total. The number of amides is 1. The van der Waals surface area contributed by atoms with E-state index in [1.807, 2.05) is 13.0 Å². The van der Waals surface area contributed by atoms with Gasteiger partial charge >= 0.3 is 0 Å². The van der Waals surface area contributed by atoms with Crippen LogP contribution < -0.4 is 5.32 Å². The van der Waals surface area contributed by atoms with Gasteiger partial charge in [-0.2, -0.15) is 0 Å². The minimum atomic E-state index is -0.653. The van der Waals surface area contributed by atoms with Gasteiger partial charge in [-0.15, -0.1) is 0 Å². The highest BCUT2D eigenvalue weighted by Gasteiger charge is 2.14. The first kappa shape index (κ1) is 14.6. The van der Waals surface area contributed by atoms with Crippen LogP contribution in [0, 0.1) is 0 Å². The van der Waals surface area contributed by atoms with Crippen molar-refractivity contribution in [3.8, 4) is 0 Å². The van der Waals surface area contributed by atoms with Gasteiger partial charge in [0.2, 0.25) is 0 Å². The van der Waals surface area contributed by atoms with Gasteiger partial charge in [-0.05, 0) is 36.8 Å². The van der Waals surface area contributed by atoms with Crippen LogP contribution in [0.1, 0.15) is 35.4 Å². The van der Waals surface area contributed by atoms with E-state index in [4.69, 9.17) is 11.6 Å². The van der Waals surface area contributed by atoms with Crippen molar-refractivity contribution < 1.29 is 9.90 Å². The summed E-state index contributed by atoms with van der Waals surface area (Å²) < 4.78 is 0. The summed E-state index contributed by atoms with van der Waals surface area (Å²) in [4.78, 5) is 12.1. The smallest absolute Gasteiger partial charge is 0.255 e. The molecular weight excluding hydrogens is 274 g/mol. The maximum atomic E-state index is 12.1. The van der Waals surface area contributed by atoms with Gasteiger partial charge in [-0.25, -0.2) is 0 Å². The van der Waals surface area contributed by atoms with Crippen molar-refractivity contribution in [1.29, 1.82) is 0 Å². The van der Waals surface area contributed by atoms with E-state index in [0.717, 1.165) is 0 Å². The van der Waals surface area contributed by atoms with Crippen molar-refractivity contribution in [3.63, 3.8) is 0 Å². The third-order valence-corrected chi connectivity index (χ3v) is 3.28. The van der Waals surface area contributed by atoms with Crippen molar-refractivity contribution in [2.45, 2.75) is 19.4 Å². The summed E-state index contributed by atoms with van der Waals surface area (Å²) >= 11 is 5.95. The van der Waals surface area contributed by atoms with Gasteiger partial charge < -0.3 is 10.4 Å². The molecule has 0 aliphatic heterocycles. The Hall–Kier alpha value is -1.84. The predicted molar refractivity (Wildman–Crippen MR) is 81.1 cm³/mol. The second kappa shape index (κ2) is 6.55. The molecule has 1 atom stereocenters. The van der Waals surface area contributed by atoms with Gasteiger partial charge in [-0.1, -0.05) is 36.7 Å². The topological polar surface area (TPSA) is 49.3 Å². The minimum Gasteiger partial charge on any atom is -0.388 e. The lowest BCUT2D eigenvalue weighted by Crippen LogP contribution is -2.14. The van der Waals surface area contributed by atoms with E-state index in [-0.39, 0.29) is 5.91 Å². The second-order valence-electron chi connectivity index (χ2n) is 4.48. The molecule has 0 heterocycles. The average molecular weight is 290 g/mol. The molecule has 0 saturated carbocycles. The summed E-state index contributed by atoms with van der Waals surface area (Å²) in [7, 11) is 0. The summed E-state index contributed by atoms with van der Waals surface area (Å²) in [5.41, 5.74) is 1.78. The Balaban J connectivity index is 2.27. The largest absolute Gasteiger partial charge is 0.388 e. The molecule has 0 saturated heterocycles. The quantitative estimate of drug-likeness (QED) is 0.892. The Morgan fingerprint density at radius 1 is 1.25 bits per heavy atom. The molecule has 1 amide bonds. The van der Waals surface area contributed by atoms with Gasteiger partial charge in [-0.3, -0.25) is 4.79 Å². The van der Waals surface area contributed by atoms with E-state index < -0.39 is 6.10 Å². The van der Waals surface area contributed by atoms with E-state index in [1.54, 1.807) is 42.5 Å². The molecule has 0 aliphatic carbocycles. The van der Waals surface area contributed by atoms with Gasteiger partial charge in [0, 0.05) is 21.8 Å². The van der Waals surface area contributed by atoms with E-state index in [0.29, 0.717) is 28.3 Å². The summed E-state index contributed by atoms with van der Waals surface area (Å²) in [5, 5.41) is 13.4. The van der Waals surface area contributed by atoms with Crippen LogP contribution >= 0.6 is 11.6 Å².